The normalized spacial score (nSPS) is 22.8. The van der Waals surface area contributed by atoms with Gasteiger partial charge in [-0.25, -0.2) is 0 Å². The number of aliphatic hydroxyl groups excluding tert-OH is 1. The molecule has 3 atom stereocenters. The monoisotopic (exact) mass is 347 g/mol. The summed E-state index contributed by atoms with van der Waals surface area (Å²) < 4.78 is 11.5. The van der Waals surface area contributed by atoms with Crippen LogP contribution < -0.4 is 5.32 Å². The van der Waals surface area contributed by atoms with E-state index in [1.165, 1.54) is 5.56 Å². The molecular formula is C20H29NO4. The molecular weight excluding hydrogens is 318 g/mol. The van der Waals surface area contributed by atoms with Crippen molar-refractivity contribution >= 4 is 5.91 Å². The molecule has 0 saturated carbocycles. The number of amides is 1. The number of carbonyl (C=O) groups excluding carboxylic acids is 1. The molecule has 0 bridgehead atoms. The highest BCUT2D eigenvalue weighted by Gasteiger charge is 2.34. The van der Waals surface area contributed by atoms with Gasteiger partial charge in [-0.1, -0.05) is 37.3 Å². The van der Waals surface area contributed by atoms with Crippen molar-refractivity contribution in [1.82, 2.24) is 5.32 Å². The molecule has 2 rings (SSSR count). The predicted octanol–water partition coefficient (Wildman–Crippen LogP) is 2.65. The maximum atomic E-state index is 12.4. The fraction of sp³-hybridized carbons (Fsp3) is 0.550. The maximum absolute atomic E-state index is 12.4. The first-order valence-corrected chi connectivity index (χ1v) is 9.08. The van der Waals surface area contributed by atoms with Crippen LogP contribution in [0.5, 0.6) is 0 Å². The largest absolute Gasteiger partial charge is 0.459 e. The highest BCUT2D eigenvalue weighted by Crippen LogP contribution is 2.32. The van der Waals surface area contributed by atoms with Gasteiger partial charge < -0.3 is 19.9 Å². The van der Waals surface area contributed by atoms with Gasteiger partial charge in [0.25, 0.3) is 5.91 Å². The van der Waals surface area contributed by atoms with Crippen LogP contribution in [0.25, 0.3) is 0 Å². The molecule has 0 radical (unpaired) electrons. The second kappa shape index (κ2) is 10.2. The summed E-state index contributed by atoms with van der Waals surface area (Å²) in [5, 5.41) is 12.0. The molecule has 1 heterocycles. The standard InChI is InChI=1S/C20H29NO4/c1-3-24-20-17(10-7-13-22)15(2)14-18(25-20)19(23)21-12-11-16-8-5-4-6-9-16/h4-6,8-9,14-15,17,20,22H,3,7,10-13H2,1-2H3,(H,21,23)/t15-,17-,20+/m0/s1. The zero-order chi connectivity index (χ0) is 18.1. The Kier molecular flexibility index (Phi) is 7.95. The Balaban J connectivity index is 1.91. The average Bonchev–Trinajstić information content (AvgIpc) is 2.62. The number of allylic oxidation sites excluding steroid dienone is 1. The summed E-state index contributed by atoms with van der Waals surface area (Å²) in [6, 6.07) is 10.0. The molecule has 0 spiro atoms. The lowest BCUT2D eigenvalue weighted by molar-refractivity contribution is -0.171. The number of rotatable bonds is 9. The van der Waals surface area contributed by atoms with Crippen molar-refractivity contribution in [2.24, 2.45) is 11.8 Å². The number of hydrogen-bond acceptors (Lipinski definition) is 4. The summed E-state index contributed by atoms with van der Waals surface area (Å²) in [7, 11) is 0. The zero-order valence-electron chi connectivity index (χ0n) is 15.1. The minimum Gasteiger partial charge on any atom is -0.459 e. The number of carbonyl (C=O) groups is 1. The van der Waals surface area contributed by atoms with Crippen molar-refractivity contribution < 1.29 is 19.4 Å². The van der Waals surface area contributed by atoms with Gasteiger partial charge in [-0.3, -0.25) is 4.79 Å². The Hall–Kier alpha value is -1.85. The van der Waals surface area contributed by atoms with Gasteiger partial charge in [-0.2, -0.15) is 0 Å². The van der Waals surface area contributed by atoms with E-state index in [4.69, 9.17) is 14.6 Å². The Labute approximate surface area is 150 Å². The van der Waals surface area contributed by atoms with Crippen LogP contribution in [0.3, 0.4) is 0 Å². The average molecular weight is 347 g/mol. The van der Waals surface area contributed by atoms with E-state index >= 15 is 0 Å². The van der Waals surface area contributed by atoms with Gasteiger partial charge in [0.1, 0.15) is 0 Å². The summed E-state index contributed by atoms with van der Waals surface area (Å²) >= 11 is 0. The van der Waals surface area contributed by atoms with Crippen molar-refractivity contribution in [2.45, 2.75) is 39.4 Å². The van der Waals surface area contributed by atoms with Crippen LogP contribution in [0.4, 0.5) is 0 Å². The van der Waals surface area contributed by atoms with Crippen molar-refractivity contribution in [3.63, 3.8) is 0 Å². The third-order valence-corrected chi connectivity index (χ3v) is 4.47. The Bertz CT molecular complexity index is 558. The molecule has 1 aliphatic heterocycles. The first kappa shape index (κ1) is 19.5. The Morgan fingerprint density at radius 2 is 2.08 bits per heavy atom. The first-order chi connectivity index (χ1) is 12.2. The van der Waals surface area contributed by atoms with Gasteiger partial charge in [0.15, 0.2) is 5.76 Å². The first-order valence-electron chi connectivity index (χ1n) is 9.08. The summed E-state index contributed by atoms with van der Waals surface area (Å²) in [5.74, 6) is 0.437. The number of ether oxygens (including phenoxy) is 2. The molecule has 0 aliphatic carbocycles. The third kappa shape index (κ3) is 5.87. The lowest BCUT2D eigenvalue weighted by atomic mass is 9.87. The molecule has 1 amide bonds. The molecule has 1 aliphatic rings. The number of nitrogens with one attached hydrogen (secondary N) is 1. The van der Waals surface area contributed by atoms with Gasteiger partial charge in [-0.15, -0.1) is 0 Å². The third-order valence-electron chi connectivity index (χ3n) is 4.47. The van der Waals surface area contributed by atoms with Crippen LogP contribution in [0.15, 0.2) is 42.2 Å². The maximum Gasteiger partial charge on any atom is 0.286 e. The van der Waals surface area contributed by atoms with E-state index in [1.54, 1.807) is 0 Å². The van der Waals surface area contributed by atoms with Crippen LogP contribution in [0, 0.1) is 11.8 Å². The van der Waals surface area contributed by atoms with Gasteiger partial charge in [0.2, 0.25) is 6.29 Å². The lowest BCUT2D eigenvalue weighted by Gasteiger charge is -2.35. The molecule has 5 heteroatoms. The Morgan fingerprint density at radius 1 is 1.32 bits per heavy atom. The lowest BCUT2D eigenvalue weighted by Crippen LogP contribution is -2.39. The van der Waals surface area contributed by atoms with Crippen molar-refractivity contribution in [1.29, 1.82) is 0 Å². The number of aliphatic hydroxyl groups is 1. The highest BCUT2D eigenvalue weighted by atomic mass is 16.7. The second-order valence-corrected chi connectivity index (χ2v) is 6.35. The van der Waals surface area contributed by atoms with Crippen molar-refractivity contribution in [3.05, 3.63) is 47.7 Å². The van der Waals surface area contributed by atoms with Crippen LogP contribution >= 0.6 is 0 Å². The minimum atomic E-state index is -0.438. The molecule has 0 aromatic heterocycles. The molecule has 25 heavy (non-hydrogen) atoms. The van der Waals surface area contributed by atoms with E-state index in [2.05, 4.69) is 12.2 Å². The van der Waals surface area contributed by atoms with Crippen LogP contribution in [0.1, 0.15) is 32.3 Å². The molecule has 5 nitrogen and oxygen atoms in total. The second-order valence-electron chi connectivity index (χ2n) is 6.35. The van der Waals surface area contributed by atoms with Crippen LogP contribution in [-0.4, -0.2) is 37.1 Å². The molecule has 0 unspecified atom stereocenters. The van der Waals surface area contributed by atoms with Crippen LogP contribution in [-0.2, 0) is 20.7 Å². The minimum absolute atomic E-state index is 0.146. The quantitative estimate of drug-likeness (QED) is 0.721. The SMILES string of the molecule is CCO[C@@H]1OC(C(=O)NCCc2ccccc2)=C[C@H](C)[C@@H]1CCCO. The van der Waals surface area contributed by atoms with Gasteiger partial charge in [0, 0.05) is 25.7 Å². The zero-order valence-corrected chi connectivity index (χ0v) is 15.1. The molecule has 0 fully saturated rings. The van der Waals surface area contributed by atoms with E-state index in [0.29, 0.717) is 25.3 Å². The molecule has 0 saturated heterocycles. The van der Waals surface area contributed by atoms with Crippen LogP contribution in [0.2, 0.25) is 0 Å². The highest BCUT2D eigenvalue weighted by molar-refractivity contribution is 5.91. The molecule has 1 aromatic carbocycles. The summed E-state index contributed by atoms with van der Waals surface area (Å²) in [5.41, 5.74) is 1.19. The van der Waals surface area contributed by atoms with E-state index in [0.717, 1.165) is 12.8 Å². The summed E-state index contributed by atoms with van der Waals surface area (Å²) in [6.07, 6.45) is 3.72. The molecule has 2 N–H and O–H groups in total. The van der Waals surface area contributed by atoms with E-state index in [1.807, 2.05) is 43.3 Å². The van der Waals surface area contributed by atoms with E-state index in [9.17, 15) is 4.79 Å². The molecule has 138 valence electrons. The predicted molar refractivity (Wildman–Crippen MR) is 96.7 cm³/mol. The number of benzene rings is 1. The van der Waals surface area contributed by atoms with Crippen molar-refractivity contribution in [3.8, 4) is 0 Å². The smallest absolute Gasteiger partial charge is 0.286 e. The van der Waals surface area contributed by atoms with Gasteiger partial charge >= 0.3 is 0 Å². The molecule has 1 aromatic rings. The van der Waals surface area contributed by atoms with Gasteiger partial charge in [0.05, 0.1) is 0 Å². The summed E-state index contributed by atoms with van der Waals surface area (Å²) in [6.45, 7) is 5.21. The van der Waals surface area contributed by atoms with E-state index in [-0.39, 0.29) is 24.3 Å². The fourth-order valence-corrected chi connectivity index (χ4v) is 3.09. The van der Waals surface area contributed by atoms with E-state index < -0.39 is 6.29 Å². The topological polar surface area (TPSA) is 67.8 Å². The summed E-state index contributed by atoms with van der Waals surface area (Å²) in [4.78, 5) is 12.4. The number of hydrogen-bond donors (Lipinski definition) is 2. The Morgan fingerprint density at radius 3 is 2.76 bits per heavy atom. The van der Waals surface area contributed by atoms with Crippen molar-refractivity contribution in [2.75, 3.05) is 19.8 Å². The fourth-order valence-electron chi connectivity index (χ4n) is 3.09. The van der Waals surface area contributed by atoms with Gasteiger partial charge in [-0.05, 0) is 43.7 Å².